The van der Waals surface area contributed by atoms with Gasteiger partial charge in [0.15, 0.2) is 5.82 Å². The maximum Gasteiger partial charge on any atom is 0.222 e. The number of amides is 1. The Bertz CT molecular complexity index is 736. The predicted molar refractivity (Wildman–Crippen MR) is 85.4 cm³/mol. The zero-order valence-corrected chi connectivity index (χ0v) is 12.6. The van der Waals surface area contributed by atoms with Crippen molar-refractivity contribution < 1.29 is 4.79 Å². The second kappa shape index (κ2) is 5.14. The maximum atomic E-state index is 11.2. The molecule has 0 unspecified atom stereocenters. The quantitative estimate of drug-likeness (QED) is 0.884. The van der Waals surface area contributed by atoms with Crippen LogP contribution < -0.4 is 15.5 Å². The topological polar surface area (TPSA) is 62.2 Å². The first-order valence-corrected chi connectivity index (χ1v) is 7.66. The zero-order valence-electron chi connectivity index (χ0n) is 12.6. The fourth-order valence-electron chi connectivity index (χ4n) is 3.23. The summed E-state index contributed by atoms with van der Waals surface area (Å²) >= 11 is 0. The summed E-state index contributed by atoms with van der Waals surface area (Å²) in [5.74, 6) is 1.57. The number of hydrogen-bond acceptors (Lipinski definition) is 4. The van der Waals surface area contributed by atoms with Crippen LogP contribution in [0, 0.1) is 0 Å². The van der Waals surface area contributed by atoms with E-state index in [1.165, 1.54) is 23.7 Å². The first-order valence-electron chi connectivity index (χ1n) is 7.66. The van der Waals surface area contributed by atoms with Crippen molar-refractivity contribution in [3.8, 4) is 0 Å². The van der Waals surface area contributed by atoms with Crippen LogP contribution in [0.1, 0.15) is 18.1 Å². The van der Waals surface area contributed by atoms with Gasteiger partial charge >= 0.3 is 0 Å². The summed E-state index contributed by atoms with van der Waals surface area (Å²) in [6, 6.07) is 8.61. The number of aromatic nitrogens is 2. The van der Waals surface area contributed by atoms with Crippen molar-refractivity contribution in [2.45, 2.75) is 26.4 Å². The second-order valence-electron chi connectivity index (χ2n) is 5.82. The summed E-state index contributed by atoms with van der Waals surface area (Å²) in [6.45, 7) is 5.26. The average molecular weight is 297 g/mol. The van der Waals surface area contributed by atoms with Gasteiger partial charge < -0.3 is 15.5 Å². The van der Waals surface area contributed by atoms with Crippen LogP contribution in [-0.4, -0.2) is 28.8 Å². The van der Waals surface area contributed by atoms with E-state index in [1.54, 1.807) is 0 Å². The monoisotopic (exact) mass is 297 g/mol. The van der Waals surface area contributed by atoms with Crippen LogP contribution in [0.15, 0.2) is 24.3 Å². The van der Waals surface area contributed by atoms with E-state index >= 15 is 0 Å². The van der Waals surface area contributed by atoms with Crippen LogP contribution in [-0.2, 0) is 24.3 Å². The van der Waals surface area contributed by atoms with Crippen LogP contribution >= 0.6 is 0 Å². The van der Waals surface area contributed by atoms with Crippen molar-refractivity contribution in [3.63, 3.8) is 0 Å². The lowest BCUT2D eigenvalue weighted by atomic mass is 10.00. The summed E-state index contributed by atoms with van der Waals surface area (Å²) in [5, 5.41) is 10.6. The molecule has 2 N–H and O–H groups in total. The first kappa shape index (κ1) is 13.3. The molecule has 0 saturated heterocycles. The van der Waals surface area contributed by atoms with Gasteiger partial charge in [0.1, 0.15) is 5.82 Å². The summed E-state index contributed by atoms with van der Waals surface area (Å²) in [5.41, 5.74) is 4.02. The number of hydrogen-bond donors (Lipinski definition) is 2. The molecule has 1 amide bonds. The summed E-state index contributed by atoms with van der Waals surface area (Å²) in [4.78, 5) is 13.4. The SMILES string of the molecule is CC(=O)Nc1cc2n(n1)CCN2c1ccc2c(c1)CCNC2. The number of nitrogens with one attached hydrogen (secondary N) is 2. The standard InChI is InChI=1S/C16H19N5O/c1-11(22)18-15-9-16-20(6-7-21(16)19-15)14-3-2-13-10-17-5-4-12(13)8-14/h2-3,8-9,17H,4-7,10H2,1H3,(H,18,19,22). The summed E-state index contributed by atoms with van der Waals surface area (Å²) in [7, 11) is 0. The highest BCUT2D eigenvalue weighted by molar-refractivity contribution is 5.88. The highest BCUT2D eigenvalue weighted by atomic mass is 16.1. The van der Waals surface area contributed by atoms with Crippen LogP contribution in [0.3, 0.4) is 0 Å². The number of nitrogens with zero attached hydrogens (tertiary/aromatic N) is 3. The van der Waals surface area contributed by atoms with Crippen molar-refractivity contribution in [2.75, 3.05) is 23.3 Å². The normalized spacial score (nSPS) is 16.3. The van der Waals surface area contributed by atoms with E-state index < -0.39 is 0 Å². The third-order valence-electron chi connectivity index (χ3n) is 4.26. The smallest absolute Gasteiger partial charge is 0.222 e. The van der Waals surface area contributed by atoms with Crippen LogP contribution in [0.4, 0.5) is 17.3 Å². The minimum absolute atomic E-state index is 0.0930. The molecule has 4 rings (SSSR count). The van der Waals surface area contributed by atoms with E-state index in [0.29, 0.717) is 5.82 Å². The van der Waals surface area contributed by atoms with Gasteiger partial charge in [0.25, 0.3) is 0 Å². The molecule has 0 fully saturated rings. The van der Waals surface area contributed by atoms with E-state index in [-0.39, 0.29) is 5.91 Å². The lowest BCUT2D eigenvalue weighted by Gasteiger charge is -2.22. The number of benzene rings is 1. The van der Waals surface area contributed by atoms with Crippen molar-refractivity contribution >= 4 is 23.2 Å². The molecule has 1 aromatic heterocycles. The third kappa shape index (κ3) is 2.25. The van der Waals surface area contributed by atoms with Crippen molar-refractivity contribution in [2.24, 2.45) is 0 Å². The van der Waals surface area contributed by atoms with Gasteiger partial charge in [-0.1, -0.05) is 6.07 Å². The van der Waals surface area contributed by atoms with Gasteiger partial charge in [0.05, 0.1) is 6.54 Å². The lowest BCUT2D eigenvalue weighted by molar-refractivity contribution is -0.114. The largest absolute Gasteiger partial charge is 0.325 e. The Balaban J connectivity index is 1.65. The number of carbonyl (C=O) groups excluding carboxylic acids is 1. The van der Waals surface area contributed by atoms with E-state index in [0.717, 1.165) is 38.4 Å². The highest BCUT2D eigenvalue weighted by Crippen LogP contribution is 2.33. The molecule has 0 atom stereocenters. The predicted octanol–water partition coefficient (Wildman–Crippen LogP) is 1.64. The molecule has 0 radical (unpaired) electrons. The Morgan fingerprint density at radius 1 is 1.27 bits per heavy atom. The summed E-state index contributed by atoms with van der Waals surface area (Å²) < 4.78 is 1.95. The molecule has 0 spiro atoms. The molecule has 3 heterocycles. The van der Waals surface area contributed by atoms with E-state index in [4.69, 9.17) is 0 Å². The van der Waals surface area contributed by atoms with Gasteiger partial charge in [-0.05, 0) is 36.2 Å². The molecule has 114 valence electrons. The Hall–Kier alpha value is -2.34. The molecule has 1 aromatic carbocycles. The molecular weight excluding hydrogens is 278 g/mol. The molecule has 2 aliphatic heterocycles. The zero-order chi connectivity index (χ0) is 15.1. The fraction of sp³-hybridized carbons (Fsp3) is 0.375. The van der Waals surface area contributed by atoms with Crippen LogP contribution in [0.25, 0.3) is 0 Å². The first-order chi connectivity index (χ1) is 10.7. The van der Waals surface area contributed by atoms with Gasteiger partial charge in [-0.15, -0.1) is 0 Å². The van der Waals surface area contributed by atoms with Crippen molar-refractivity contribution in [1.29, 1.82) is 0 Å². The maximum absolute atomic E-state index is 11.2. The number of fused-ring (bicyclic) bond motifs is 2. The van der Waals surface area contributed by atoms with Crippen molar-refractivity contribution in [1.82, 2.24) is 15.1 Å². The molecule has 0 bridgehead atoms. The van der Waals surface area contributed by atoms with E-state index in [9.17, 15) is 4.79 Å². The third-order valence-corrected chi connectivity index (χ3v) is 4.26. The van der Waals surface area contributed by atoms with Crippen LogP contribution in [0.2, 0.25) is 0 Å². The Kier molecular flexibility index (Phi) is 3.11. The number of rotatable bonds is 2. The summed E-state index contributed by atoms with van der Waals surface area (Å²) in [6.07, 6.45) is 1.08. The molecule has 6 nitrogen and oxygen atoms in total. The van der Waals surface area contributed by atoms with Gasteiger partial charge in [0, 0.05) is 31.8 Å². The van der Waals surface area contributed by atoms with Gasteiger partial charge in [-0.3, -0.25) is 4.79 Å². The minimum Gasteiger partial charge on any atom is -0.325 e. The molecule has 0 aliphatic carbocycles. The molecule has 22 heavy (non-hydrogen) atoms. The Morgan fingerprint density at radius 2 is 2.18 bits per heavy atom. The van der Waals surface area contributed by atoms with E-state index in [1.807, 2.05) is 10.7 Å². The Labute approximate surface area is 129 Å². The number of carbonyl (C=O) groups is 1. The van der Waals surface area contributed by atoms with E-state index in [2.05, 4.69) is 38.8 Å². The molecule has 6 heteroatoms. The fourth-order valence-corrected chi connectivity index (χ4v) is 3.23. The van der Waals surface area contributed by atoms with Crippen LogP contribution in [0.5, 0.6) is 0 Å². The van der Waals surface area contributed by atoms with Crippen molar-refractivity contribution in [3.05, 3.63) is 35.4 Å². The van der Waals surface area contributed by atoms with Gasteiger partial charge in [-0.25, -0.2) is 4.68 Å². The number of anilines is 3. The molecular formula is C16H19N5O. The van der Waals surface area contributed by atoms with Gasteiger partial charge in [-0.2, -0.15) is 5.10 Å². The molecule has 2 aliphatic rings. The minimum atomic E-state index is -0.0930. The Morgan fingerprint density at radius 3 is 3.05 bits per heavy atom. The second-order valence-corrected chi connectivity index (χ2v) is 5.82. The average Bonchev–Trinajstić information content (AvgIpc) is 3.06. The van der Waals surface area contributed by atoms with Gasteiger partial charge in [0.2, 0.25) is 5.91 Å². The molecule has 2 aromatic rings. The molecule has 0 saturated carbocycles. The lowest BCUT2D eigenvalue weighted by Crippen LogP contribution is -2.24. The highest BCUT2D eigenvalue weighted by Gasteiger charge is 2.24.